The number of hydrogen-bond donors (Lipinski definition) is 0. The first-order valence-corrected chi connectivity index (χ1v) is 19.7. The van der Waals surface area contributed by atoms with Crippen LogP contribution in [0.15, 0.2) is 182 Å². The normalized spacial score (nSPS) is 12.6. The van der Waals surface area contributed by atoms with Gasteiger partial charge in [0.15, 0.2) is 0 Å². The summed E-state index contributed by atoms with van der Waals surface area (Å²) in [6, 6.07) is 68.7. The van der Waals surface area contributed by atoms with Gasteiger partial charge in [0.05, 0.1) is 28.0 Å². The molecule has 3 heterocycles. The molecule has 0 saturated heterocycles. The Balaban J connectivity index is 0.00000449. The Bertz CT molecular complexity index is 2910. The van der Waals surface area contributed by atoms with E-state index in [9.17, 15) is 0 Å². The molecule has 1 aliphatic rings. The molecule has 5 heteroatoms. The minimum absolute atomic E-state index is 0. The van der Waals surface area contributed by atoms with Gasteiger partial charge in [0.1, 0.15) is 0 Å². The molecule has 286 valence electrons. The molecule has 0 aliphatic carbocycles. The number of aryl methyl sites for hydroxylation is 3. The van der Waals surface area contributed by atoms with E-state index in [1.807, 2.05) is 36.5 Å². The second-order valence-electron chi connectivity index (χ2n) is 15.0. The van der Waals surface area contributed by atoms with E-state index in [-0.39, 0.29) is 21.1 Å². The second-order valence-corrected chi connectivity index (χ2v) is 15.0. The predicted molar refractivity (Wildman–Crippen MR) is 235 cm³/mol. The zero-order chi connectivity index (χ0) is 39.2. The number of anilines is 3. The summed E-state index contributed by atoms with van der Waals surface area (Å²) in [5.41, 5.74) is 15.0. The van der Waals surface area contributed by atoms with E-state index in [1.165, 1.54) is 22.3 Å². The first-order valence-electron chi connectivity index (χ1n) is 19.7. The summed E-state index contributed by atoms with van der Waals surface area (Å²) in [6.45, 7) is 6.49. The fourth-order valence-electron chi connectivity index (χ4n) is 8.97. The van der Waals surface area contributed by atoms with Gasteiger partial charge in [-0.1, -0.05) is 126 Å². The van der Waals surface area contributed by atoms with Crippen molar-refractivity contribution in [1.82, 2.24) is 9.97 Å². The van der Waals surface area contributed by atoms with Crippen LogP contribution in [0.25, 0.3) is 33.3 Å². The molecule has 0 bridgehead atoms. The summed E-state index contributed by atoms with van der Waals surface area (Å²) >= 11 is 0. The Morgan fingerprint density at radius 1 is 0.576 bits per heavy atom. The van der Waals surface area contributed by atoms with Crippen molar-refractivity contribution in [3.63, 3.8) is 0 Å². The summed E-state index contributed by atoms with van der Waals surface area (Å²) in [5, 5.41) is 1.09. The number of hydrogen-bond acceptors (Lipinski definition) is 4. The summed E-state index contributed by atoms with van der Waals surface area (Å²) in [4.78, 5) is 12.5. The molecule has 0 N–H and O–H groups in total. The standard InChI is InChI=1S/C54H39N3O.Pt/c1-36-30-37(2)53(38(3)31-36)41-32-40(49-28-27-39-16-7-10-23-48(39)56-49)33-45(34-41)58-44-20-15-17-42(35-44)54(52-26-13-14-29-55-52)46-21-8-11-24-50(46)57(43-18-5-4-6-19-43)51-25-12-9-22-47(51)54;/h4-32,34H,1-3H3;/q-2;+2. The van der Waals surface area contributed by atoms with Gasteiger partial charge in [-0.15, -0.1) is 29.3 Å². The molecule has 9 aromatic rings. The maximum atomic E-state index is 6.90. The summed E-state index contributed by atoms with van der Waals surface area (Å²) in [7, 11) is 0. The molecule has 0 atom stereocenters. The molecule has 0 radical (unpaired) electrons. The van der Waals surface area contributed by atoms with Crippen LogP contribution in [0.1, 0.15) is 39.1 Å². The van der Waals surface area contributed by atoms with Gasteiger partial charge >= 0.3 is 21.1 Å². The van der Waals surface area contributed by atoms with Gasteiger partial charge < -0.3 is 9.64 Å². The summed E-state index contributed by atoms with van der Waals surface area (Å²) in [5.74, 6) is 1.17. The molecule has 7 aromatic carbocycles. The van der Waals surface area contributed by atoms with Crippen molar-refractivity contribution in [2.75, 3.05) is 4.90 Å². The predicted octanol–water partition coefficient (Wildman–Crippen LogP) is 13.4. The van der Waals surface area contributed by atoms with Crippen molar-refractivity contribution >= 4 is 28.0 Å². The molecule has 1 aliphatic heterocycles. The molecule has 59 heavy (non-hydrogen) atoms. The maximum absolute atomic E-state index is 6.90. The third kappa shape index (κ3) is 6.64. The zero-order valence-electron chi connectivity index (χ0n) is 32.9. The van der Waals surface area contributed by atoms with Crippen molar-refractivity contribution in [3.05, 3.63) is 233 Å². The molecule has 2 aromatic heterocycles. The number of rotatable bonds is 7. The third-order valence-corrected chi connectivity index (χ3v) is 11.2. The van der Waals surface area contributed by atoms with Gasteiger partial charge in [0, 0.05) is 23.4 Å². The molecule has 0 fully saturated rings. The number of ether oxygens (including phenoxy) is 1. The van der Waals surface area contributed by atoms with E-state index in [0.717, 1.165) is 67.2 Å². The van der Waals surface area contributed by atoms with E-state index in [4.69, 9.17) is 14.7 Å². The van der Waals surface area contributed by atoms with Crippen molar-refractivity contribution in [1.29, 1.82) is 0 Å². The minimum Gasteiger partial charge on any atom is -0.503 e. The van der Waals surface area contributed by atoms with Crippen LogP contribution < -0.4 is 9.64 Å². The van der Waals surface area contributed by atoms with Crippen molar-refractivity contribution in [2.45, 2.75) is 26.2 Å². The van der Waals surface area contributed by atoms with Crippen LogP contribution in [0.3, 0.4) is 0 Å². The third-order valence-electron chi connectivity index (χ3n) is 11.2. The van der Waals surface area contributed by atoms with Crippen LogP contribution in [-0.2, 0) is 26.5 Å². The van der Waals surface area contributed by atoms with E-state index >= 15 is 0 Å². The number of fused-ring (bicyclic) bond motifs is 3. The monoisotopic (exact) mass is 940 g/mol. The van der Waals surface area contributed by atoms with Crippen LogP contribution in [0.5, 0.6) is 11.5 Å². The average molecular weight is 941 g/mol. The Labute approximate surface area is 360 Å². The molecule has 0 spiro atoms. The Morgan fingerprint density at radius 2 is 1.25 bits per heavy atom. The van der Waals surface area contributed by atoms with Crippen LogP contribution in [0.4, 0.5) is 17.1 Å². The van der Waals surface area contributed by atoms with E-state index < -0.39 is 5.41 Å². The van der Waals surface area contributed by atoms with Crippen LogP contribution >= 0.6 is 0 Å². The van der Waals surface area contributed by atoms with Crippen molar-refractivity contribution in [2.24, 2.45) is 0 Å². The topological polar surface area (TPSA) is 38.2 Å². The van der Waals surface area contributed by atoms with Gasteiger partial charge in [0.2, 0.25) is 0 Å². The SMILES string of the molecule is Cc1cc(C)c(-c2cc(Oc3[c-]c(C4(c5ccccn5)c5ccccc5N(c5ccccc5)c5ccccc54)ccc3)[c-]c(-c3ccc4ccccc4n3)c2)c(C)c1.[Pt+2]. The largest absolute Gasteiger partial charge is 2.00 e. The van der Waals surface area contributed by atoms with Gasteiger partial charge in [-0.2, -0.15) is 12.1 Å². The van der Waals surface area contributed by atoms with Gasteiger partial charge in [0.25, 0.3) is 0 Å². The van der Waals surface area contributed by atoms with Gasteiger partial charge in [-0.3, -0.25) is 9.97 Å². The molecule has 10 rings (SSSR count). The number of para-hydroxylation sites is 4. The quantitative estimate of drug-likeness (QED) is 0.149. The first-order chi connectivity index (χ1) is 28.5. The van der Waals surface area contributed by atoms with Gasteiger partial charge in [-0.25, -0.2) is 0 Å². The number of aromatic nitrogens is 2. The Kier molecular flexibility index (Phi) is 10.0. The van der Waals surface area contributed by atoms with Crippen molar-refractivity contribution < 1.29 is 25.8 Å². The number of benzene rings is 7. The first kappa shape index (κ1) is 37.9. The molecule has 4 nitrogen and oxygen atoms in total. The van der Waals surface area contributed by atoms with Crippen molar-refractivity contribution in [3.8, 4) is 33.9 Å². The number of pyridine rings is 2. The van der Waals surface area contributed by atoms with Crippen LogP contribution in [-0.4, -0.2) is 9.97 Å². The number of nitrogens with zero attached hydrogens (tertiary/aromatic N) is 3. The minimum atomic E-state index is -0.818. The zero-order valence-corrected chi connectivity index (χ0v) is 35.2. The molecular formula is C54H39N3OPt. The van der Waals surface area contributed by atoms with Crippen LogP contribution in [0.2, 0.25) is 0 Å². The summed E-state index contributed by atoms with van der Waals surface area (Å²) in [6.07, 6.45) is 1.88. The fraction of sp³-hybridized carbons (Fsp3) is 0.0741. The van der Waals surface area contributed by atoms with Gasteiger partial charge in [-0.05, 0) is 102 Å². The second kappa shape index (κ2) is 15.6. The van der Waals surface area contributed by atoms with E-state index in [1.54, 1.807) is 0 Å². The molecule has 0 amide bonds. The fourth-order valence-corrected chi connectivity index (χ4v) is 8.97. The summed E-state index contributed by atoms with van der Waals surface area (Å²) < 4.78 is 6.90. The molecule has 0 unspecified atom stereocenters. The smallest absolute Gasteiger partial charge is 0.503 e. The van der Waals surface area contributed by atoms with E-state index in [2.05, 4.69) is 183 Å². The Morgan fingerprint density at radius 3 is 1.98 bits per heavy atom. The average Bonchev–Trinajstić information content (AvgIpc) is 3.25. The van der Waals surface area contributed by atoms with Crippen LogP contribution in [0, 0.1) is 32.9 Å². The van der Waals surface area contributed by atoms with E-state index in [0.29, 0.717) is 11.5 Å². The molecule has 0 saturated carbocycles. The molecular weight excluding hydrogens is 902 g/mol. The maximum Gasteiger partial charge on any atom is 2.00 e. The Hall–Kier alpha value is -6.61.